The second kappa shape index (κ2) is 8.34. The molecular formula is C19H23NO3. The van der Waals surface area contributed by atoms with Crippen LogP contribution in [0.4, 0.5) is 0 Å². The molecule has 0 aliphatic heterocycles. The van der Waals surface area contributed by atoms with E-state index in [2.05, 4.69) is 0 Å². The number of amides is 1. The number of aliphatic hydroxyl groups excluding tert-OH is 1. The second-order valence-electron chi connectivity index (χ2n) is 5.52. The summed E-state index contributed by atoms with van der Waals surface area (Å²) in [5, 5.41) is 9.26. The van der Waals surface area contributed by atoms with Gasteiger partial charge in [0.1, 0.15) is 5.75 Å². The smallest absolute Gasteiger partial charge is 0.227 e. The number of hydrogen-bond donors (Lipinski definition) is 1. The number of carbonyl (C=O) groups is 1. The zero-order valence-corrected chi connectivity index (χ0v) is 13.7. The van der Waals surface area contributed by atoms with Crippen LogP contribution >= 0.6 is 0 Å². The first-order valence-electron chi connectivity index (χ1n) is 7.70. The number of nitrogens with zero attached hydrogens (tertiary/aromatic N) is 1. The maximum absolute atomic E-state index is 12.6. The summed E-state index contributed by atoms with van der Waals surface area (Å²) in [6.45, 7) is 2.75. The lowest BCUT2D eigenvalue weighted by Gasteiger charge is -2.22. The van der Waals surface area contributed by atoms with Crippen molar-refractivity contribution >= 4 is 5.91 Å². The van der Waals surface area contributed by atoms with Gasteiger partial charge in [-0.05, 0) is 18.6 Å². The Kier molecular flexibility index (Phi) is 6.18. The van der Waals surface area contributed by atoms with Gasteiger partial charge in [-0.15, -0.1) is 0 Å². The van der Waals surface area contributed by atoms with Crippen molar-refractivity contribution in [3.05, 3.63) is 65.2 Å². The molecular weight excluding hydrogens is 290 g/mol. The Morgan fingerprint density at radius 3 is 2.57 bits per heavy atom. The van der Waals surface area contributed by atoms with Crippen molar-refractivity contribution in [2.24, 2.45) is 0 Å². The molecule has 0 aliphatic rings. The van der Waals surface area contributed by atoms with Crippen molar-refractivity contribution in [1.82, 2.24) is 4.90 Å². The lowest BCUT2D eigenvalue weighted by Crippen LogP contribution is -2.34. The highest BCUT2D eigenvalue weighted by Gasteiger charge is 2.16. The van der Waals surface area contributed by atoms with Crippen molar-refractivity contribution in [3.63, 3.8) is 0 Å². The van der Waals surface area contributed by atoms with Crippen molar-refractivity contribution < 1.29 is 14.6 Å². The van der Waals surface area contributed by atoms with Gasteiger partial charge in [-0.25, -0.2) is 0 Å². The zero-order valence-electron chi connectivity index (χ0n) is 13.7. The fourth-order valence-electron chi connectivity index (χ4n) is 2.54. The van der Waals surface area contributed by atoms with Crippen LogP contribution in [0.1, 0.15) is 16.7 Å². The zero-order chi connectivity index (χ0) is 16.7. The van der Waals surface area contributed by atoms with Gasteiger partial charge in [0, 0.05) is 18.7 Å². The first-order chi connectivity index (χ1) is 11.1. The van der Waals surface area contributed by atoms with Gasteiger partial charge in [0.2, 0.25) is 5.91 Å². The minimum absolute atomic E-state index is 0.0215. The van der Waals surface area contributed by atoms with Gasteiger partial charge in [-0.2, -0.15) is 0 Å². The van der Waals surface area contributed by atoms with Crippen LogP contribution in [0.15, 0.2) is 48.5 Å². The quantitative estimate of drug-likeness (QED) is 0.855. The summed E-state index contributed by atoms with van der Waals surface area (Å²) in [6.07, 6.45) is 0.262. The topological polar surface area (TPSA) is 49.8 Å². The lowest BCUT2D eigenvalue weighted by atomic mass is 10.1. The normalized spacial score (nSPS) is 10.4. The molecule has 2 aromatic rings. The SMILES string of the molecule is COc1ccc(C)cc1CC(=O)N(CCO)Cc1ccccc1. The summed E-state index contributed by atoms with van der Waals surface area (Å²) in [5.74, 6) is 0.694. The molecule has 2 aromatic carbocycles. The van der Waals surface area contributed by atoms with E-state index in [1.807, 2.05) is 55.5 Å². The lowest BCUT2D eigenvalue weighted by molar-refractivity contribution is -0.131. The van der Waals surface area contributed by atoms with E-state index in [9.17, 15) is 9.90 Å². The molecule has 1 N–H and O–H groups in total. The van der Waals surface area contributed by atoms with Crippen LogP contribution in [0.5, 0.6) is 5.75 Å². The van der Waals surface area contributed by atoms with Crippen molar-refractivity contribution in [3.8, 4) is 5.75 Å². The van der Waals surface area contributed by atoms with Crippen LogP contribution in [-0.2, 0) is 17.8 Å². The van der Waals surface area contributed by atoms with Gasteiger partial charge in [0.05, 0.1) is 20.1 Å². The maximum atomic E-state index is 12.6. The minimum atomic E-state index is -0.0521. The van der Waals surface area contributed by atoms with Crippen LogP contribution in [0, 0.1) is 6.92 Å². The maximum Gasteiger partial charge on any atom is 0.227 e. The third-order valence-electron chi connectivity index (χ3n) is 3.72. The molecule has 4 heteroatoms. The van der Waals surface area contributed by atoms with Crippen LogP contribution in [-0.4, -0.2) is 36.2 Å². The van der Waals surface area contributed by atoms with E-state index in [1.165, 1.54) is 0 Å². The van der Waals surface area contributed by atoms with E-state index in [0.29, 0.717) is 18.8 Å². The van der Waals surface area contributed by atoms with Gasteiger partial charge < -0.3 is 14.7 Å². The van der Waals surface area contributed by atoms with Crippen molar-refractivity contribution in [2.75, 3.05) is 20.3 Å². The Balaban J connectivity index is 2.13. The average molecular weight is 313 g/mol. The molecule has 0 saturated carbocycles. The summed E-state index contributed by atoms with van der Waals surface area (Å²) in [7, 11) is 1.61. The van der Waals surface area contributed by atoms with E-state index >= 15 is 0 Å². The van der Waals surface area contributed by atoms with Crippen molar-refractivity contribution in [2.45, 2.75) is 19.9 Å². The van der Waals surface area contributed by atoms with Gasteiger partial charge in [-0.3, -0.25) is 4.79 Å². The summed E-state index contributed by atoms with van der Waals surface area (Å²) in [4.78, 5) is 14.3. The summed E-state index contributed by atoms with van der Waals surface area (Å²) >= 11 is 0. The predicted molar refractivity (Wildman–Crippen MR) is 90.4 cm³/mol. The highest BCUT2D eigenvalue weighted by atomic mass is 16.5. The number of carbonyl (C=O) groups excluding carboxylic acids is 1. The molecule has 0 atom stereocenters. The number of aryl methyl sites for hydroxylation is 1. The first-order valence-corrected chi connectivity index (χ1v) is 7.70. The summed E-state index contributed by atoms with van der Waals surface area (Å²) in [5.41, 5.74) is 3.00. The molecule has 0 aromatic heterocycles. The van der Waals surface area contributed by atoms with Gasteiger partial charge in [0.25, 0.3) is 0 Å². The molecule has 23 heavy (non-hydrogen) atoms. The van der Waals surface area contributed by atoms with E-state index in [4.69, 9.17) is 4.74 Å². The van der Waals surface area contributed by atoms with Crippen LogP contribution < -0.4 is 4.74 Å². The molecule has 1 amide bonds. The summed E-state index contributed by atoms with van der Waals surface area (Å²) in [6, 6.07) is 15.6. The number of rotatable bonds is 7. The average Bonchev–Trinajstić information content (AvgIpc) is 2.55. The van der Waals surface area contributed by atoms with Crippen LogP contribution in [0.2, 0.25) is 0 Å². The van der Waals surface area contributed by atoms with Crippen molar-refractivity contribution in [1.29, 1.82) is 0 Å². The highest BCUT2D eigenvalue weighted by molar-refractivity contribution is 5.79. The molecule has 0 saturated heterocycles. The van der Waals surface area contributed by atoms with Crippen LogP contribution in [0.25, 0.3) is 0 Å². The minimum Gasteiger partial charge on any atom is -0.496 e. The Hall–Kier alpha value is -2.33. The molecule has 0 radical (unpaired) electrons. The van der Waals surface area contributed by atoms with E-state index in [-0.39, 0.29) is 18.9 Å². The molecule has 0 spiro atoms. The fourth-order valence-corrected chi connectivity index (χ4v) is 2.54. The Morgan fingerprint density at radius 2 is 1.91 bits per heavy atom. The Morgan fingerprint density at radius 1 is 1.17 bits per heavy atom. The number of benzene rings is 2. The summed E-state index contributed by atoms with van der Waals surface area (Å²) < 4.78 is 5.34. The van der Waals surface area contributed by atoms with E-state index in [0.717, 1.165) is 16.7 Å². The monoisotopic (exact) mass is 313 g/mol. The number of aliphatic hydroxyl groups is 1. The third-order valence-corrected chi connectivity index (χ3v) is 3.72. The van der Waals surface area contributed by atoms with Gasteiger partial charge >= 0.3 is 0 Å². The predicted octanol–water partition coefficient (Wildman–Crippen LogP) is 2.57. The van der Waals surface area contributed by atoms with E-state index in [1.54, 1.807) is 12.0 Å². The molecule has 4 nitrogen and oxygen atoms in total. The molecule has 0 unspecified atom stereocenters. The molecule has 2 rings (SSSR count). The molecule has 0 fully saturated rings. The molecule has 0 bridgehead atoms. The van der Waals surface area contributed by atoms with Crippen LogP contribution in [0.3, 0.4) is 0 Å². The largest absolute Gasteiger partial charge is 0.496 e. The third kappa shape index (κ3) is 4.83. The Labute approximate surface area is 137 Å². The van der Waals surface area contributed by atoms with E-state index < -0.39 is 0 Å². The molecule has 122 valence electrons. The fraction of sp³-hybridized carbons (Fsp3) is 0.316. The molecule has 0 aliphatic carbocycles. The number of ether oxygens (including phenoxy) is 1. The first kappa shape index (κ1) is 17.0. The number of hydrogen-bond acceptors (Lipinski definition) is 3. The molecule has 0 heterocycles. The Bertz CT molecular complexity index is 640. The standard InChI is InChI=1S/C19H23NO3/c1-15-8-9-18(23-2)17(12-15)13-19(22)20(10-11-21)14-16-6-4-3-5-7-16/h3-9,12,21H,10-11,13-14H2,1-2H3. The van der Waals surface area contributed by atoms with Gasteiger partial charge in [0.15, 0.2) is 0 Å². The van der Waals surface area contributed by atoms with Gasteiger partial charge in [-0.1, -0.05) is 48.0 Å². The highest BCUT2D eigenvalue weighted by Crippen LogP contribution is 2.21. The second-order valence-corrected chi connectivity index (χ2v) is 5.52. The number of methoxy groups -OCH3 is 1.